The van der Waals surface area contributed by atoms with Crippen molar-refractivity contribution >= 4 is 0 Å². The Bertz CT molecular complexity index is 640. The van der Waals surface area contributed by atoms with Gasteiger partial charge in [0, 0.05) is 24.4 Å². The Labute approximate surface area is 123 Å². The number of aromatic amines is 1. The quantitative estimate of drug-likeness (QED) is 0.845. The molecule has 0 aliphatic heterocycles. The van der Waals surface area contributed by atoms with Crippen LogP contribution in [0, 0.1) is 0 Å². The van der Waals surface area contributed by atoms with E-state index in [-0.39, 0.29) is 12.2 Å². The van der Waals surface area contributed by atoms with Crippen LogP contribution in [0.3, 0.4) is 0 Å². The number of rotatable bonds is 7. The zero-order chi connectivity index (χ0) is 15.1. The highest BCUT2D eigenvalue weighted by atomic mass is 16.5. The first kappa shape index (κ1) is 15.2. The fourth-order valence-electron chi connectivity index (χ4n) is 1.78. The van der Waals surface area contributed by atoms with Crippen molar-refractivity contribution in [1.82, 2.24) is 15.0 Å². The molecule has 2 rings (SSSR count). The van der Waals surface area contributed by atoms with Crippen LogP contribution < -0.4 is 10.3 Å². The third-order valence-corrected chi connectivity index (χ3v) is 2.72. The van der Waals surface area contributed by atoms with Crippen LogP contribution in [0.4, 0.5) is 0 Å². The van der Waals surface area contributed by atoms with Crippen LogP contribution in [0.25, 0.3) is 11.3 Å². The summed E-state index contributed by atoms with van der Waals surface area (Å²) in [5.41, 5.74) is 1.09. The van der Waals surface area contributed by atoms with E-state index in [0.29, 0.717) is 30.5 Å². The molecule has 6 heteroatoms. The Kier molecular flexibility index (Phi) is 5.45. The van der Waals surface area contributed by atoms with Crippen molar-refractivity contribution in [2.45, 2.75) is 26.9 Å². The molecule has 6 nitrogen and oxygen atoms in total. The highest BCUT2D eigenvalue weighted by Gasteiger charge is 2.06. The van der Waals surface area contributed by atoms with Crippen molar-refractivity contribution in [2.24, 2.45) is 0 Å². The Morgan fingerprint density at radius 3 is 2.86 bits per heavy atom. The van der Waals surface area contributed by atoms with Gasteiger partial charge in [-0.15, -0.1) is 0 Å². The van der Waals surface area contributed by atoms with Gasteiger partial charge >= 0.3 is 0 Å². The molecule has 2 heterocycles. The molecule has 0 radical (unpaired) electrons. The largest absolute Gasteiger partial charge is 0.492 e. The molecule has 112 valence electrons. The highest BCUT2D eigenvalue weighted by Crippen LogP contribution is 2.20. The van der Waals surface area contributed by atoms with E-state index >= 15 is 0 Å². The summed E-state index contributed by atoms with van der Waals surface area (Å²) in [6.07, 6.45) is 4.23. The number of pyridine rings is 1. The van der Waals surface area contributed by atoms with E-state index in [0.717, 1.165) is 12.0 Å². The molecule has 0 aromatic carbocycles. The minimum Gasteiger partial charge on any atom is -0.492 e. The van der Waals surface area contributed by atoms with Gasteiger partial charge in [-0.05, 0) is 19.4 Å². The molecule has 0 fully saturated rings. The smallest absolute Gasteiger partial charge is 0.251 e. The normalized spacial score (nSPS) is 10.6. The highest BCUT2D eigenvalue weighted by molar-refractivity contribution is 5.59. The number of H-pyrrole nitrogens is 1. The molecule has 0 atom stereocenters. The predicted molar refractivity (Wildman–Crippen MR) is 79.2 cm³/mol. The van der Waals surface area contributed by atoms with Crippen molar-refractivity contribution in [3.8, 4) is 17.0 Å². The maximum atomic E-state index is 11.7. The van der Waals surface area contributed by atoms with E-state index in [1.54, 1.807) is 12.4 Å². The van der Waals surface area contributed by atoms with E-state index in [9.17, 15) is 4.79 Å². The summed E-state index contributed by atoms with van der Waals surface area (Å²) in [4.78, 5) is 22.9. The van der Waals surface area contributed by atoms with Crippen LogP contribution in [0.2, 0.25) is 0 Å². The molecular weight excluding hydrogens is 270 g/mol. The molecule has 0 saturated carbocycles. The van der Waals surface area contributed by atoms with Crippen LogP contribution in [0.15, 0.2) is 29.3 Å². The Balaban J connectivity index is 2.28. The van der Waals surface area contributed by atoms with E-state index in [1.807, 2.05) is 19.9 Å². The minimum absolute atomic E-state index is 0.213. The summed E-state index contributed by atoms with van der Waals surface area (Å²) in [7, 11) is 0. The van der Waals surface area contributed by atoms with Crippen molar-refractivity contribution in [1.29, 1.82) is 0 Å². The van der Waals surface area contributed by atoms with E-state index < -0.39 is 0 Å². The molecule has 2 aromatic heterocycles. The minimum atomic E-state index is -0.213. The van der Waals surface area contributed by atoms with Crippen LogP contribution in [0.1, 0.15) is 26.1 Å². The monoisotopic (exact) mass is 289 g/mol. The average Bonchev–Trinajstić information content (AvgIpc) is 2.50. The summed E-state index contributed by atoms with van der Waals surface area (Å²) < 4.78 is 10.8. The van der Waals surface area contributed by atoms with Crippen LogP contribution in [0.5, 0.6) is 5.75 Å². The van der Waals surface area contributed by atoms with Crippen molar-refractivity contribution < 1.29 is 9.47 Å². The average molecular weight is 289 g/mol. The van der Waals surface area contributed by atoms with Gasteiger partial charge in [0.2, 0.25) is 0 Å². The van der Waals surface area contributed by atoms with Gasteiger partial charge in [-0.1, -0.05) is 6.92 Å². The first-order chi connectivity index (χ1) is 10.2. The summed E-state index contributed by atoms with van der Waals surface area (Å²) in [6, 6.07) is 3.27. The number of aromatic nitrogens is 3. The summed E-state index contributed by atoms with van der Waals surface area (Å²) in [6.45, 7) is 5.40. The van der Waals surface area contributed by atoms with E-state index in [1.165, 1.54) is 6.07 Å². The third-order valence-electron chi connectivity index (χ3n) is 2.72. The maximum Gasteiger partial charge on any atom is 0.251 e. The predicted octanol–water partition coefficient (Wildman–Crippen LogP) is 2.16. The maximum absolute atomic E-state index is 11.7. The lowest BCUT2D eigenvalue weighted by molar-refractivity contribution is 0.128. The van der Waals surface area contributed by atoms with Gasteiger partial charge < -0.3 is 14.5 Å². The molecule has 1 N–H and O–H groups in total. The molecule has 21 heavy (non-hydrogen) atoms. The van der Waals surface area contributed by atoms with Crippen molar-refractivity contribution in [3.63, 3.8) is 0 Å². The Morgan fingerprint density at radius 1 is 1.24 bits per heavy atom. The molecule has 0 spiro atoms. The molecule has 0 bridgehead atoms. The van der Waals surface area contributed by atoms with Gasteiger partial charge in [0.1, 0.15) is 18.2 Å². The standard InChI is InChI=1S/C15H19N3O3/c1-3-5-21-12-6-11(8-16-9-12)13-7-15(19)18-14(17-13)10-20-4-2/h6-9H,3-5,10H2,1-2H3,(H,17,18,19). The first-order valence-electron chi connectivity index (χ1n) is 6.99. The summed E-state index contributed by atoms with van der Waals surface area (Å²) in [5, 5.41) is 0. The molecular formula is C15H19N3O3. The van der Waals surface area contributed by atoms with Gasteiger partial charge in [-0.2, -0.15) is 0 Å². The number of nitrogens with one attached hydrogen (secondary N) is 1. The second-order valence-electron chi connectivity index (χ2n) is 4.47. The number of hydrogen-bond acceptors (Lipinski definition) is 5. The lowest BCUT2D eigenvalue weighted by Gasteiger charge is -2.07. The van der Waals surface area contributed by atoms with Gasteiger partial charge in [0.05, 0.1) is 18.5 Å². The zero-order valence-corrected chi connectivity index (χ0v) is 12.3. The molecule has 0 saturated heterocycles. The second-order valence-corrected chi connectivity index (χ2v) is 4.47. The number of hydrogen-bond donors (Lipinski definition) is 1. The van der Waals surface area contributed by atoms with Gasteiger partial charge in [-0.3, -0.25) is 9.78 Å². The van der Waals surface area contributed by atoms with Gasteiger partial charge in [-0.25, -0.2) is 4.98 Å². The summed E-state index contributed by atoms with van der Waals surface area (Å²) >= 11 is 0. The topological polar surface area (TPSA) is 77.1 Å². The summed E-state index contributed by atoms with van der Waals surface area (Å²) in [5.74, 6) is 1.17. The zero-order valence-electron chi connectivity index (χ0n) is 12.3. The van der Waals surface area contributed by atoms with Crippen LogP contribution in [-0.2, 0) is 11.3 Å². The third kappa shape index (κ3) is 4.39. The van der Waals surface area contributed by atoms with Crippen molar-refractivity contribution in [3.05, 3.63) is 40.7 Å². The van der Waals surface area contributed by atoms with Crippen molar-refractivity contribution in [2.75, 3.05) is 13.2 Å². The lowest BCUT2D eigenvalue weighted by Crippen LogP contribution is -2.12. The van der Waals surface area contributed by atoms with Crippen LogP contribution in [-0.4, -0.2) is 28.2 Å². The Hall–Kier alpha value is -2.21. The number of ether oxygens (including phenoxy) is 2. The molecule has 2 aromatic rings. The van der Waals surface area contributed by atoms with Crippen LogP contribution >= 0.6 is 0 Å². The lowest BCUT2D eigenvalue weighted by atomic mass is 10.2. The molecule has 0 unspecified atom stereocenters. The first-order valence-corrected chi connectivity index (χ1v) is 6.99. The number of nitrogens with zero attached hydrogens (tertiary/aromatic N) is 2. The van der Waals surface area contributed by atoms with E-state index in [2.05, 4.69) is 15.0 Å². The fraction of sp³-hybridized carbons (Fsp3) is 0.400. The van der Waals surface area contributed by atoms with Gasteiger partial charge in [0.15, 0.2) is 0 Å². The fourth-order valence-corrected chi connectivity index (χ4v) is 1.78. The second kappa shape index (κ2) is 7.54. The van der Waals surface area contributed by atoms with Gasteiger partial charge in [0.25, 0.3) is 5.56 Å². The molecule has 0 aliphatic carbocycles. The molecule has 0 aliphatic rings. The SMILES string of the molecule is CCCOc1cncc(-c2cc(=O)[nH]c(COCC)n2)c1. The Morgan fingerprint density at radius 2 is 2.10 bits per heavy atom. The van der Waals surface area contributed by atoms with E-state index in [4.69, 9.17) is 9.47 Å². The molecule has 0 amide bonds.